The Balaban J connectivity index is 1.79. The van der Waals surface area contributed by atoms with Crippen molar-refractivity contribution in [1.29, 1.82) is 0 Å². The fourth-order valence-electron chi connectivity index (χ4n) is 5.29. The molecule has 29 heavy (non-hydrogen) atoms. The molecule has 0 saturated carbocycles. The second-order valence-corrected chi connectivity index (χ2v) is 8.45. The van der Waals surface area contributed by atoms with Gasteiger partial charge in [-0.05, 0) is 53.8 Å². The van der Waals surface area contributed by atoms with E-state index in [1.807, 2.05) is 0 Å². The maximum Gasteiger partial charge on any atom is 0.0617 e. The van der Waals surface area contributed by atoms with Crippen molar-refractivity contribution in [2.24, 2.45) is 0 Å². The van der Waals surface area contributed by atoms with Crippen LogP contribution in [0.2, 0.25) is 0 Å². The van der Waals surface area contributed by atoms with Crippen LogP contribution in [0.5, 0.6) is 0 Å². The van der Waals surface area contributed by atoms with E-state index < -0.39 is 0 Å². The van der Waals surface area contributed by atoms with Gasteiger partial charge in [0.15, 0.2) is 0 Å². The van der Waals surface area contributed by atoms with E-state index in [1.165, 1.54) is 55.3 Å². The minimum absolute atomic E-state index is 0.997. The lowest BCUT2D eigenvalue weighted by Gasteiger charge is -2.25. The van der Waals surface area contributed by atoms with Gasteiger partial charge in [0.1, 0.15) is 0 Å². The van der Waals surface area contributed by atoms with Crippen LogP contribution in [-0.4, -0.2) is 23.1 Å². The quantitative estimate of drug-likeness (QED) is 0.381. The van der Waals surface area contributed by atoms with Crippen molar-refractivity contribution in [2.45, 2.75) is 19.8 Å². The van der Waals surface area contributed by atoms with E-state index in [0.29, 0.717) is 0 Å². The zero-order valence-electron chi connectivity index (χ0n) is 16.9. The molecule has 6 rings (SSSR count). The Hall–Kier alpha value is -3.26. The highest BCUT2D eigenvalue weighted by Gasteiger charge is 2.26. The maximum atomic E-state index is 2.52. The fraction of sp³-hybridized carbons (Fsp3) is 0.185. The van der Waals surface area contributed by atoms with Gasteiger partial charge in [0.2, 0.25) is 0 Å². The van der Waals surface area contributed by atoms with Crippen molar-refractivity contribution < 1.29 is 0 Å². The van der Waals surface area contributed by atoms with E-state index in [-0.39, 0.29) is 0 Å². The third-order valence-corrected chi connectivity index (χ3v) is 6.38. The molecular weight excluding hydrogens is 352 g/mol. The highest BCUT2D eigenvalue weighted by molar-refractivity contribution is 6.16. The minimum Gasteiger partial charge on any atom is -0.375 e. The first-order valence-corrected chi connectivity index (χ1v) is 10.4. The molecule has 0 N–H and O–H groups in total. The van der Waals surface area contributed by atoms with E-state index >= 15 is 0 Å². The molecule has 0 spiro atoms. The van der Waals surface area contributed by atoms with Crippen molar-refractivity contribution >= 4 is 27.4 Å². The van der Waals surface area contributed by atoms with Crippen LogP contribution in [0, 0.1) is 0 Å². The van der Waals surface area contributed by atoms with Crippen LogP contribution in [0.4, 0.5) is 0 Å². The van der Waals surface area contributed by atoms with Gasteiger partial charge in [0, 0.05) is 36.4 Å². The first-order chi connectivity index (χ1) is 14.2. The summed E-state index contributed by atoms with van der Waals surface area (Å²) in [5.74, 6) is 0. The van der Waals surface area contributed by atoms with Crippen molar-refractivity contribution in [2.75, 3.05) is 13.6 Å². The van der Waals surface area contributed by atoms with Gasteiger partial charge in [0.05, 0.1) is 11.2 Å². The zero-order valence-corrected chi connectivity index (χ0v) is 16.9. The smallest absolute Gasteiger partial charge is 0.0617 e. The third-order valence-electron chi connectivity index (χ3n) is 6.38. The number of nitrogens with zero attached hydrogens (tertiary/aromatic N) is 2. The predicted octanol–water partition coefficient (Wildman–Crippen LogP) is 6.25. The molecule has 1 aromatic heterocycles. The molecule has 4 aromatic rings. The summed E-state index contributed by atoms with van der Waals surface area (Å²) < 4.78 is 2.52. The number of fused-ring (bicyclic) bond motifs is 7. The Bertz CT molecular complexity index is 1350. The van der Waals surface area contributed by atoms with Crippen molar-refractivity contribution in [3.63, 3.8) is 0 Å². The van der Waals surface area contributed by atoms with Crippen LogP contribution < -0.4 is 0 Å². The van der Waals surface area contributed by atoms with Crippen molar-refractivity contribution in [3.8, 4) is 11.1 Å². The Morgan fingerprint density at radius 1 is 0.862 bits per heavy atom. The number of aryl methyl sites for hydroxylation is 1. The Morgan fingerprint density at radius 3 is 2.59 bits per heavy atom. The molecule has 0 atom stereocenters. The van der Waals surface area contributed by atoms with Gasteiger partial charge in [-0.3, -0.25) is 0 Å². The number of hydrogen-bond donors (Lipinski definition) is 0. The van der Waals surface area contributed by atoms with Gasteiger partial charge in [-0.25, -0.2) is 0 Å². The molecule has 3 aromatic carbocycles. The van der Waals surface area contributed by atoms with Crippen LogP contribution in [0.3, 0.4) is 0 Å². The van der Waals surface area contributed by atoms with Crippen LogP contribution in [0.25, 0.3) is 38.5 Å². The molecule has 0 fully saturated rings. The highest BCUT2D eigenvalue weighted by atomic mass is 15.1. The Labute approximate surface area is 171 Å². The number of likely N-dealkylation sites (N-methyl/N-ethyl adjacent to an activating group) is 1. The number of hydrogen-bond acceptors (Lipinski definition) is 1. The molecule has 2 heterocycles. The summed E-state index contributed by atoms with van der Waals surface area (Å²) in [6.45, 7) is 3.23. The molecule has 2 nitrogen and oxygen atoms in total. The lowest BCUT2D eigenvalue weighted by Crippen LogP contribution is -2.19. The third kappa shape index (κ3) is 2.42. The van der Waals surface area contributed by atoms with Gasteiger partial charge < -0.3 is 9.47 Å². The van der Waals surface area contributed by atoms with Gasteiger partial charge in [-0.15, -0.1) is 0 Å². The van der Waals surface area contributed by atoms with Crippen LogP contribution in [0.1, 0.15) is 18.2 Å². The number of aromatic nitrogens is 1. The summed E-state index contributed by atoms with van der Waals surface area (Å²) in [6, 6.07) is 22.4. The second kappa shape index (κ2) is 6.12. The lowest BCUT2D eigenvalue weighted by molar-refractivity contribution is 0.490. The number of rotatable bonds is 1. The highest BCUT2D eigenvalue weighted by Crippen LogP contribution is 2.45. The maximum absolute atomic E-state index is 2.52. The largest absolute Gasteiger partial charge is 0.375 e. The standard InChI is InChI=1S/C27H24N2/c1-18-15-21(17-28(2)16-18)29-24-13-11-19-7-3-5-9-22(19)26(24)27-23-10-6-4-8-20(23)12-14-25(27)29/h3-11,13,15,17H,12,14,16H2,1-2H3. The number of allylic oxidation sites excluding steroid dienone is 2. The Morgan fingerprint density at radius 2 is 1.69 bits per heavy atom. The molecule has 142 valence electrons. The van der Waals surface area contributed by atoms with Gasteiger partial charge >= 0.3 is 0 Å². The fourth-order valence-corrected chi connectivity index (χ4v) is 5.29. The lowest BCUT2D eigenvalue weighted by atomic mass is 9.87. The molecule has 0 radical (unpaired) electrons. The number of benzene rings is 3. The normalized spacial score (nSPS) is 15.9. The molecule has 2 heteroatoms. The van der Waals surface area contributed by atoms with Crippen molar-refractivity contribution in [1.82, 2.24) is 9.47 Å². The van der Waals surface area contributed by atoms with Crippen LogP contribution in [-0.2, 0) is 12.8 Å². The van der Waals surface area contributed by atoms with Gasteiger partial charge in [0.25, 0.3) is 0 Å². The summed E-state index contributed by atoms with van der Waals surface area (Å²) in [7, 11) is 2.17. The molecular formula is C27H24N2. The van der Waals surface area contributed by atoms with Gasteiger partial charge in [-0.2, -0.15) is 0 Å². The van der Waals surface area contributed by atoms with Crippen molar-refractivity contribution in [3.05, 3.63) is 89.8 Å². The SMILES string of the molecule is CC1=CC(n2c3c(c4c5ccccc5ccc42)-c2ccccc2CC3)=CN(C)C1. The van der Waals surface area contributed by atoms with E-state index in [2.05, 4.69) is 96.4 Å². The summed E-state index contributed by atoms with van der Waals surface area (Å²) in [6.07, 6.45) is 6.82. The topological polar surface area (TPSA) is 8.17 Å². The Kier molecular flexibility index (Phi) is 3.52. The molecule has 0 amide bonds. The van der Waals surface area contributed by atoms with E-state index in [1.54, 1.807) is 0 Å². The van der Waals surface area contributed by atoms with E-state index in [9.17, 15) is 0 Å². The second-order valence-electron chi connectivity index (χ2n) is 8.45. The molecule has 0 saturated heterocycles. The predicted molar refractivity (Wildman–Crippen MR) is 123 cm³/mol. The summed E-state index contributed by atoms with van der Waals surface area (Å²) in [5, 5.41) is 4.05. The molecule has 0 unspecified atom stereocenters. The van der Waals surface area contributed by atoms with E-state index in [4.69, 9.17) is 0 Å². The molecule has 1 aliphatic carbocycles. The summed E-state index contributed by atoms with van der Waals surface area (Å²) in [5.41, 5.74) is 9.73. The first-order valence-electron chi connectivity index (χ1n) is 10.4. The average Bonchev–Trinajstić information content (AvgIpc) is 3.08. The zero-order chi connectivity index (χ0) is 19.5. The summed E-state index contributed by atoms with van der Waals surface area (Å²) >= 11 is 0. The van der Waals surface area contributed by atoms with Crippen LogP contribution >= 0.6 is 0 Å². The molecule has 1 aliphatic heterocycles. The molecule has 0 bridgehead atoms. The van der Waals surface area contributed by atoms with Crippen LogP contribution in [0.15, 0.2) is 78.5 Å². The first kappa shape index (κ1) is 16.7. The monoisotopic (exact) mass is 376 g/mol. The summed E-state index contributed by atoms with van der Waals surface area (Å²) in [4.78, 5) is 2.29. The molecule has 2 aliphatic rings. The average molecular weight is 377 g/mol. The van der Waals surface area contributed by atoms with E-state index in [0.717, 1.165) is 19.4 Å². The minimum atomic E-state index is 0.997. The van der Waals surface area contributed by atoms with Gasteiger partial charge in [-0.1, -0.05) is 60.2 Å².